The maximum atomic E-state index is 12.3. The zero-order valence-corrected chi connectivity index (χ0v) is 14.1. The summed E-state index contributed by atoms with van der Waals surface area (Å²) < 4.78 is 36.1. The summed E-state index contributed by atoms with van der Waals surface area (Å²) in [6.45, 7) is 7.30. The first-order valence-corrected chi connectivity index (χ1v) is 8.55. The monoisotopic (exact) mass is 350 g/mol. The van der Waals surface area contributed by atoms with E-state index in [9.17, 15) is 14.2 Å². The Kier molecular flexibility index (Phi) is 12.2. The molecule has 0 unspecified atom stereocenters. The molecule has 9 heteroatoms. The first-order valence-electron chi connectivity index (χ1n) is 7.09. The highest BCUT2D eigenvalue weighted by atomic mass is 31.2. The summed E-state index contributed by atoms with van der Waals surface area (Å²) in [4.78, 5) is 21.8. The molecule has 0 aliphatic rings. The van der Waals surface area contributed by atoms with E-state index in [0.717, 1.165) is 31.4 Å². The van der Waals surface area contributed by atoms with Gasteiger partial charge in [-0.2, -0.15) is 0 Å². The van der Waals surface area contributed by atoms with Gasteiger partial charge in [-0.25, -0.2) is 23.2 Å². The molecule has 0 rings (SSSR count). The molecule has 8 nitrogen and oxygen atoms in total. The number of hydrogen-bond acceptors (Lipinski definition) is 8. The van der Waals surface area contributed by atoms with Crippen LogP contribution in [0.15, 0.2) is 25.3 Å². The number of ether oxygens (including phenoxy) is 2. The summed E-state index contributed by atoms with van der Waals surface area (Å²) in [5.41, 5.74) is 0. The molecule has 0 aliphatic carbocycles. The highest BCUT2D eigenvalue weighted by Gasteiger charge is 2.28. The Bertz CT molecular complexity index is 404. The predicted octanol–water partition coefficient (Wildman–Crippen LogP) is 3.10. The molecule has 0 saturated heterocycles. The molecular formula is C14H23O8P. The Hall–Kier alpha value is -1.47. The van der Waals surface area contributed by atoms with E-state index in [1.165, 1.54) is 0 Å². The highest BCUT2D eigenvalue weighted by Crippen LogP contribution is 2.49. The van der Waals surface area contributed by atoms with Crippen molar-refractivity contribution in [3.8, 4) is 0 Å². The van der Waals surface area contributed by atoms with E-state index in [1.807, 2.05) is 0 Å². The first-order chi connectivity index (χ1) is 11.0. The van der Waals surface area contributed by atoms with Gasteiger partial charge in [-0.15, -0.1) is 0 Å². The summed E-state index contributed by atoms with van der Waals surface area (Å²) in [5, 5.41) is 0. The van der Waals surface area contributed by atoms with E-state index >= 15 is 0 Å². The van der Waals surface area contributed by atoms with Crippen LogP contribution in [0.1, 0.15) is 32.6 Å². The third-order valence-corrected chi connectivity index (χ3v) is 3.75. The van der Waals surface area contributed by atoms with Crippen LogP contribution < -0.4 is 0 Å². The maximum Gasteiger partial charge on any atom is 0.480 e. The minimum Gasteiger partial charge on any atom is -0.435 e. The summed E-state index contributed by atoms with van der Waals surface area (Å²) >= 11 is 0. The summed E-state index contributed by atoms with van der Waals surface area (Å²) in [7, 11) is -4.02. The van der Waals surface area contributed by atoms with Gasteiger partial charge in [0.25, 0.3) is 0 Å². The summed E-state index contributed by atoms with van der Waals surface area (Å²) in [6, 6.07) is 0. The van der Waals surface area contributed by atoms with Crippen LogP contribution in [0, 0.1) is 0 Å². The van der Waals surface area contributed by atoms with Crippen molar-refractivity contribution in [2.24, 2.45) is 0 Å². The lowest BCUT2D eigenvalue weighted by Crippen LogP contribution is -2.10. The lowest BCUT2D eigenvalue weighted by molar-refractivity contribution is -0.147. The van der Waals surface area contributed by atoms with Crippen LogP contribution >= 0.6 is 7.82 Å². The largest absolute Gasteiger partial charge is 0.480 e. The molecule has 0 N–H and O–H groups in total. The van der Waals surface area contributed by atoms with E-state index in [2.05, 4.69) is 29.6 Å². The molecule has 0 heterocycles. The fourth-order valence-electron chi connectivity index (χ4n) is 1.23. The van der Waals surface area contributed by atoms with Gasteiger partial charge in [0, 0.05) is 12.2 Å². The molecule has 0 aliphatic heterocycles. The molecule has 0 bridgehead atoms. The van der Waals surface area contributed by atoms with Gasteiger partial charge in [0.1, 0.15) is 0 Å². The van der Waals surface area contributed by atoms with Crippen molar-refractivity contribution < 1.29 is 37.2 Å². The quantitative estimate of drug-likeness (QED) is 0.155. The fourth-order valence-corrected chi connectivity index (χ4v) is 2.17. The topological polar surface area (TPSA) is 97.4 Å². The first kappa shape index (κ1) is 21.5. The van der Waals surface area contributed by atoms with Gasteiger partial charge >= 0.3 is 19.8 Å². The normalized spacial score (nSPS) is 10.8. The summed E-state index contributed by atoms with van der Waals surface area (Å²) in [5.74, 6) is -1.50. The van der Waals surface area contributed by atoms with Crippen LogP contribution in [0.3, 0.4) is 0 Å². The maximum absolute atomic E-state index is 12.3. The molecule has 0 atom stereocenters. The lowest BCUT2D eigenvalue weighted by Gasteiger charge is -2.17. The third kappa shape index (κ3) is 11.7. The summed E-state index contributed by atoms with van der Waals surface area (Å²) in [6.07, 6.45) is 5.46. The number of esters is 2. The van der Waals surface area contributed by atoms with Gasteiger partial charge in [-0.05, 0) is 6.42 Å². The number of rotatable bonds is 14. The molecule has 0 aromatic rings. The van der Waals surface area contributed by atoms with Crippen LogP contribution in [0.4, 0.5) is 0 Å². The average Bonchev–Trinajstić information content (AvgIpc) is 2.54. The zero-order valence-electron chi connectivity index (χ0n) is 13.2. The molecule has 0 radical (unpaired) electrons. The molecule has 0 fully saturated rings. The second-order valence-corrected chi connectivity index (χ2v) is 5.84. The van der Waals surface area contributed by atoms with Gasteiger partial charge in [0.2, 0.25) is 13.6 Å². The highest BCUT2D eigenvalue weighted by molar-refractivity contribution is 7.48. The number of carbonyl (C=O) groups excluding carboxylic acids is 2. The van der Waals surface area contributed by atoms with Crippen molar-refractivity contribution in [2.75, 3.05) is 20.2 Å². The fraction of sp³-hybridized carbons (Fsp3) is 0.571. The molecule has 0 spiro atoms. The van der Waals surface area contributed by atoms with Crippen LogP contribution in [-0.4, -0.2) is 32.1 Å². The molecular weight excluding hydrogens is 327 g/mol. The number of phosphoric ester groups is 1. The molecule has 0 aromatic carbocycles. The molecule has 0 aromatic heterocycles. The van der Waals surface area contributed by atoms with Crippen LogP contribution in [0.25, 0.3) is 0 Å². The van der Waals surface area contributed by atoms with Crippen LogP contribution in [-0.2, 0) is 37.2 Å². The second kappa shape index (κ2) is 13.0. The van der Waals surface area contributed by atoms with E-state index in [4.69, 9.17) is 13.6 Å². The SMILES string of the molecule is C=CC(=O)OCOP(=O)(OCCCCCC)OCOC(=O)C=C. The Labute approximate surface area is 136 Å². The molecule has 0 saturated carbocycles. The Morgan fingerprint density at radius 3 is 1.87 bits per heavy atom. The van der Waals surface area contributed by atoms with Gasteiger partial charge in [-0.3, -0.25) is 4.52 Å². The second-order valence-electron chi connectivity index (χ2n) is 4.17. The van der Waals surface area contributed by atoms with Gasteiger partial charge in [0.05, 0.1) is 6.61 Å². The number of phosphoric acid groups is 1. The van der Waals surface area contributed by atoms with E-state index in [0.29, 0.717) is 6.42 Å². The van der Waals surface area contributed by atoms with Crippen molar-refractivity contribution in [1.29, 1.82) is 0 Å². The number of hydrogen-bond donors (Lipinski definition) is 0. The van der Waals surface area contributed by atoms with Crippen LogP contribution in [0.2, 0.25) is 0 Å². The molecule has 132 valence electrons. The minimum absolute atomic E-state index is 0.127. The minimum atomic E-state index is -4.02. The van der Waals surface area contributed by atoms with Crippen molar-refractivity contribution in [1.82, 2.24) is 0 Å². The number of carbonyl (C=O) groups is 2. The lowest BCUT2D eigenvalue weighted by atomic mass is 10.2. The van der Waals surface area contributed by atoms with Crippen LogP contribution in [0.5, 0.6) is 0 Å². The Balaban J connectivity index is 4.34. The van der Waals surface area contributed by atoms with E-state index in [-0.39, 0.29) is 6.61 Å². The van der Waals surface area contributed by atoms with Crippen molar-refractivity contribution >= 4 is 19.8 Å². The van der Waals surface area contributed by atoms with E-state index in [1.54, 1.807) is 0 Å². The zero-order chi connectivity index (χ0) is 17.6. The molecule has 0 amide bonds. The average molecular weight is 350 g/mol. The van der Waals surface area contributed by atoms with Crippen molar-refractivity contribution in [2.45, 2.75) is 32.6 Å². The number of unbranched alkanes of at least 4 members (excludes halogenated alkanes) is 3. The molecule has 23 heavy (non-hydrogen) atoms. The Morgan fingerprint density at radius 1 is 0.913 bits per heavy atom. The third-order valence-electron chi connectivity index (χ3n) is 2.40. The van der Waals surface area contributed by atoms with Gasteiger partial charge in [0.15, 0.2) is 0 Å². The Morgan fingerprint density at radius 2 is 1.43 bits per heavy atom. The van der Waals surface area contributed by atoms with Crippen molar-refractivity contribution in [3.63, 3.8) is 0 Å². The van der Waals surface area contributed by atoms with Gasteiger partial charge < -0.3 is 9.47 Å². The van der Waals surface area contributed by atoms with Gasteiger partial charge in [-0.1, -0.05) is 39.3 Å². The van der Waals surface area contributed by atoms with E-state index < -0.39 is 33.3 Å². The standard InChI is InChI=1S/C14H23O8P/c1-4-7-8-9-10-20-23(17,21-11-18-13(15)5-2)22-12-19-14(16)6-3/h5-6H,2-4,7-12H2,1H3. The van der Waals surface area contributed by atoms with Crippen molar-refractivity contribution in [3.05, 3.63) is 25.3 Å². The predicted molar refractivity (Wildman–Crippen MR) is 82.2 cm³/mol. The smallest absolute Gasteiger partial charge is 0.435 e.